The van der Waals surface area contributed by atoms with Crippen LogP contribution >= 0.6 is 0 Å². The van der Waals surface area contributed by atoms with Crippen LogP contribution in [0.4, 0.5) is 5.69 Å². The van der Waals surface area contributed by atoms with Crippen LogP contribution in [0, 0.1) is 21.4 Å². The Morgan fingerprint density at radius 3 is 2.89 bits per heavy atom. The van der Waals surface area contributed by atoms with E-state index in [1.165, 1.54) is 6.07 Å². The Kier molecular flexibility index (Phi) is 3.58. The molecular weight excluding hydrogens is 230 g/mol. The van der Waals surface area contributed by atoms with Gasteiger partial charge in [-0.15, -0.1) is 0 Å². The number of non-ortho nitro benzene ring substituents is 1. The molecule has 2 rings (SSSR count). The van der Waals surface area contributed by atoms with Crippen LogP contribution in [0.2, 0.25) is 0 Å². The van der Waals surface area contributed by atoms with Crippen molar-refractivity contribution in [1.29, 1.82) is 5.26 Å². The summed E-state index contributed by atoms with van der Waals surface area (Å²) in [7, 11) is 0. The van der Waals surface area contributed by atoms with Crippen molar-refractivity contribution < 1.29 is 4.92 Å². The molecule has 1 heterocycles. The molecule has 0 N–H and O–H groups in total. The molecule has 0 radical (unpaired) electrons. The molecule has 0 spiro atoms. The molecule has 0 saturated carbocycles. The van der Waals surface area contributed by atoms with Crippen molar-refractivity contribution in [2.45, 2.75) is 25.8 Å². The molecule has 0 aliphatic carbocycles. The first-order valence-corrected chi connectivity index (χ1v) is 5.82. The Bertz CT molecular complexity index is 610. The highest BCUT2D eigenvalue weighted by Gasteiger charge is 2.08. The van der Waals surface area contributed by atoms with Crippen molar-refractivity contribution >= 4 is 16.6 Å². The van der Waals surface area contributed by atoms with E-state index in [9.17, 15) is 10.1 Å². The zero-order valence-corrected chi connectivity index (χ0v) is 9.87. The van der Waals surface area contributed by atoms with Gasteiger partial charge in [0.15, 0.2) is 0 Å². The number of hydrogen-bond donors (Lipinski definition) is 0. The van der Waals surface area contributed by atoms with Crippen molar-refractivity contribution in [3.63, 3.8) is 0 Å². The van der Waals surface area contributed by atoms with Gasteiger partial charge in [0.1, 0.15) is 0 Å². The number of nitriles is 1. The van der Waals surface area contributed by atoms with E-state index >= 15 is 0 Å². The number of unbranched alkanes of at least 4 members (excludes halogenated alkanes) is 2. The highest BCUT2D eigenvalue weighted by atomic mass is 16.6. The summed E-state index contributed by atoms with van der Waals surface area (Å²) in [5, 5.41) is 20.2. The van der Waals surface area contributed by atoms with Crippen LogP contribution in [0.1, 0.15) is 19.3 Å². The first kappa shape index (κ1) is 12.1. The number of nitro groups is 1. The predicted molar refractivity (Wildman–Crippen MR) is 68.1 cm³/mol. The molecule has 0 unspecified atom stereocenters. The van der Waals surface area contributed by atoms with E-state index in [1.54, 1.807) is 12.1 Å². The standard InChI is InChI=1S/C13H13N3O2/c14-7-2-1-3-8-15-9-6-11-4-5-12(16(17)18)10-13(11)15/h4-6,9-10H,1-3,8H2. The van der Waals surface area contributed by atoms with Crippen molar-refractivity contribution in [3.8, 4) is 6.07 Å². The van der Waals surface area contributed by atoms with E-state index < -0.39 is 0 Å². The Morgan fingerprint density at radius 2 is 2.17 bits per heavy atom. The lowest BCUT2D eigenvalue weighted by molar-refractivity contribution is -0.384. The zero-order chi connectivity index (χ0) is 13.0. The van der Waals surface area contributed by atoms with Crippen LogP contribution < -0.4 is 0 Å². The van der Waals surface area contributed by atoms with Crippen LogP contribution in [0.3, 0.4) is 0 Å². The van der Waals surface area contributed by atoms with Crippen molar-refractivity contribution in [2.75, 3.05) is 0 Å². The monoisotopic (exact) mass is 243 g/mol. The second-order valence-electron chi connectivity index (χ2n) is 4.12. The van der Waals surface area contributed by atoms with Gasteiger partial charge in [0.25, 0.3) is 5.69 Å². The molecule has 0 atom stereocenters. The van der Waals surface area contributed by atoms with Gasteiger partial charge in [-0.25, -0.2) is 0 Å². The molecule has 5 nitrogen and oxygen atoms in total. The minimum Gasteiger partial charge on any atom is -0.347 e. The highest BCUT2D eigenvalue weighted by molar-refractivity contribution is 5.82. The van der Waals surface area contributed by atoms with E-state index in [-0.39, 0.29) is 10.6 Å². The molecule has 2 aromatic rings. The van der Waals surface area contributed by atoms with Crippen LogP contribution in [-0.4, -0.2) is 9.49 Å². The molecule has 18 heavy (non-hydrogen) atoms. The zero-order valence-electron chi connectivity index (χ0n) is 9.87. The quantitative estimate of drug-likeness (QED) is 0.459. The number of rotatable bonds is 5. The second-order valence-corrected chi connectivity index (χ2v) is 4.12. The average Bonchev–Trinajstić information content (AvgIpc) is 2.77. The molecule has 5 heteroatoms. The lowest BCUT2D eigenvalue weighted by Gasteiger charge is -2.04. The maximum Gasteiger partial charge on any atom is 0.271 e. The average molecular weight is 243 g/mol. The van der Waals surface area contributed by atoms with Crippen LogP contribution in [0.15, 0.2) is 30.5 Å². The maximum absolute atomic E-state index is 10.7. The van der Waals surface area contributed by atoms with Crippen LogP contribution in [0.25, 0.3) is 10.9 Å². The molecule has 0 saturated heterocycles. The molecule has 0 amide bonds. The maximum atomic E-state index is 10.7. The van der Waals surface area contributed by atoms with Gasteiger partial charge in [0.05, 0.1) is 16.5 Å². The number of nitro benzene ring substituents is 1. The molecular formula is C13H13N3O2. The smallest absolute Gasteiger partial charge is 0.271 e. The predicted octanol–water partition coefficient (Wildman–Crippen LogP) is 3.24. The summed E-state index contributed by atoms with van der Waals surface area (Å²) in [5.41, 5.74) is 0.987. The number of aryl methyl sites for hydroxylation is 1. The molecule has 1 aromatic heterocycles. The van der Waals surface area contributed by atoms with Crippen molar-refractivity contribution in [1.82, 2.24) is 4.57 Å². The van der Waals surface area contributed by atoms with Gasteiger partial charge < -0.3 is 4.57 Å². The normalized spacial score (nSPS) is 10.4. The third-order valence-corrected chi connectivity index (χ3v) is 2.91. The van der Waals surface area contributed by atoms with E-state index in [0.29, 0.717) is 6.42 Å². The fraction of sp³-hybridized carbons (Fsp3) is 0.308. The lowest BCUT2D eigenvalue weighted by atomic mass is 10.2. The number of aromatic nitrogens is 1. The lowest BCUT2D eigenvalue weighted by Crippen LogP contribution is -1.96. The number of nitrogens with zero attached hydrogens (tertiary/aromatic N) is 3. The van der Waals surface area contributed by atoms with Gasteiger partial charge in [0.2, 0.25) is 0 Å². The topological polar surface area (TPSA) is 71.9 Å². The molecule has 0 aliphatic rings. The van der Waals surface area contributed by atoms with Gasteiger partial charge in [-0.05, 0) is 25.0 Å². The van der Waals surface area contributed by atoms with Crippen LogP contribution in [-0.2, 0) is 6.54 Å². The fourth-order valence-corrected chi connectivity index (χ4v) is 1.97. The summed E-state index contributed by atoms with van der Waals surface area (Å²) >= 11 is 0. The molecule has 0 aliphatic heterocycles. The second kappa shape index (κ2) is 5.32. The summed E-state index contributed by atoms with van der Waals surface area (Å²) in [6.07, 6.45) is 4.24. The summed E-state index contributed by atoms with van der Waals surface area (Å²) in [6, 6.07) is 8.93. The number of fused-ring (bicyclic) bond motifs is 1. The number of hydrogen-bond acceptors (Lipinski definition) is 3. The molecule has 0 fully saturated rings. The summed E-state index contributed by atoms with van der Waals surface area (Å²) in [6.45, 7) is 0.784. The third-order valence-electron chi connectivity index (χ3n) is 2.91. The summed E-state index contributed by atoms with van der Waals surface area (Å²) in [4.78, 5) is 10.4. The Labute approximate surface area is 104 Å². The third kappa shape index (κ3) is 2.48. The minimum atomic E-state index is -0.382. The largest absolute Gasteiger partial charge is 0.347 e. The SMILES string of the molecule is N#CCCCCn1ccc2ccc([N+](=O)[O-])cc21. The molecule has 92 valence electrons. The first-order chi connectivity index (χ1) is 8.72. The highest BCUT2D eigenvalue weighted by Crippen LogP contribution is 2.22. The minimum absolute atomic E-state index is 0.111. The van der Waals surface area contributed by atoms with Crippen LogP contribution in [0.5, 0.6) is 0 Å². The Balaban J connectivity index is 2.20. The fourth-order valence-electron chi connectivity index (χ4n) is 1.97. The van der Waals surface area contributed by atoms with Gasteiger partial charge >= 0.3 is 0 Å². The first-order valence-electron chi connectivity index (χ1n) is 5.82. The van der Waals surface area contributed by atoms with Crippen molar-refractivity contribution in [3.05, 3.63) is 40.6 Å². The van der Waals surface area contributed by atoms with Gasteiger partial charge in [-0.2, -0.15) is 5.26 Å². The van der Waals surface area contributed by atoms with Gasteiger partial charge in [-0.1, -0.05) is 0 Å². The van der Waals surface area contributed by atoms with Gasteiger partial charge in [0, 0.05) is 36.7 Å². The van der Waals surface area contributed by atoms with E-state index in [2.05, 4.69) is 6.07 Å². The summed E-state index contributed by atoms with van der Waals surface area (Å²) < 4.78 is 2.00. The van der Waals surface area contributed by atoms with E-state index in [4.69, 9.17) is 5.26 Å². The Morgan fingerprint density at radius 1 is 1.33 bits per heavy atom. The summed E-state index contributed by atoms with van der Waals surface area (Å²) in [5.74, 6) is 0. The van der Waals surface area contributed by atoms with E-state index in [1.807, 2.05) is 16.8 Å². The van der Waals surface area contributed by atoms with E-state index in [0.717, 1.165) is 30.3 Å². The van der Waals surface area contributed by atoms with Gasteiger partial charge in [-0.3, -0.25) is 10.1 Å². The van der Waals surface area contributed by atoms with Crippen molar-refractivity contribution in [2.24, 2.45) is 0 Å². The Hall–Kier alpha value is -2.35. The number of benzene rings is 1. The molecule has 0 bridgehead atoms. The molecule has 1 aromatic carbocycles.